The molecule has 0 saturated carbocycles. The number of amides is 1. The van der Waals surface area contributed by atoms with Crippen LogP contribution in [-0.2, 0) is 14.3 Å². The molecule has 1 aliphatic rings. The molecule has 0 aromatic heterocycles. The number of carbonyl (C=O) groups excluding carboxylic acids is 1. The lowest BCUT2D eigenvalue weighted by Gasteiger charge is -2.40. The van der Waals surface area contributed by atoms with Gasteiger partial charge in [0, 0.05) is 6.42 Å². The average Bonchev–Trinajstić information content (AvgIpc) is 2.28. The molecule has 89 heavy (non-hydrogen) atoms. The third kappa shape index (κ3) is 56.1. The third-order valence-corrected chi connectivity index (χ3v) is 17.3. The summed E-state index contributed by atoms with van der Waals surface area (Å²) >= 11 is 0. The van der Waals surface area contributed by atoms with Gasteiger partial charge in [0.15, 0.2) is 6.29 Å². The number of hydrogen-bond donors (Lipinski definition) is 6. The molecule has 6 N–H and O–H groups in total. The van der Waals surface area contributed by atoms with Crippen LogP contribution in [0.3, 0.4) is 0 Å². The fourth-order valence-corrected chi connectivity index (χ4v) is 11.5. The standard InChI is InChI=1S/C80H141NO8/c1-3-5-7-9-11-13-15-17-19-21-23-25-27-29-31-33-35-36-37-38-40-42-44-46-48-50-52-54-56-58-60-62-64-66-68-70-76(84)81-73(72-88-80-79(87)78(86)77(85)75(71-82)89-80)74(83)69-67-65-63-61-59-57-55-53-51-49-47-45-43-41-39-34-32-30-28-26-24-22-20-18-16-14-12-10-8-6-4-2/h5,7,11,13,17,19,23,25,29,31,35-36,51,53,59,61,67,69,73-75,77-80,82-83,85-87H,3-4,6,8-10,12,14-16,18,20-22,24,26-28,30,32-34,37-50,52,54-58,60,62-66,68,70-72H2,1-2H3,(H,81,84)/b7-5-,13-11-,19-17-,25-23-,31-29-,36-35-,53-51+,61-59+,69-67+. The quantitative estimate of drug-likeness (QED) is 0.0261. The lowest BCUT2D eigenvalue weighted by molar-refractivity contribution is -0.302. The average molecular weight is 1250 g/mol. The van der Waals surface area contributed by atoms with E-state index in [0.717, 1.165) is 83.5 Å². The second-order valence-electron chi connectivity index (χ2n) is 25.7. The molecule has 7 atom stereocenters. The van der Waals surface area contributed by atoms with Gasteiger partial charge in [-0.3, -0.25) is 4.79 Å². The smallest absolute Gasteiger partial charge is 0.220 e. The van der Waals surface area contributed by atoms with E-state index in [4.69, 9.17) is 9.47 Å². The van der Waals surface area contributed by atoms with Gasteiger partial charge in [-0.25, -0.2) is 0 Å². The van der Waals surface area contributed by atoms with E-state index in [9.17, 15) is 30.3 Å². The SMILES string of the molecule is CC/C=C\C/C=C\C/C=C\C/C=C\C/C=C\C/C=C\CCCCCCCCCCCCCCCCCCC(=O)NC(COC1OC(CO)C(O)C(O)C1O)C(O)/C=C/CC/C=C/CC/C=C/CCCCCCCCCCCCCCCCCCCCCCC. The number of ether oxygens (including phenoxy) is 2. The minimum atomic E-state index is -1.58. The molecule has 0 bridgehead atoms. The Morgan fingerprint density at radius 1 is 0.393 bits per heavy atom. The Kier molecular flexibility index (Phi) is 63.8. The lowest BCUT2D eigenvalue weighted by Crippen LogP contribution is -2.60. The van der Waals surface area contributed by atoms with Crippen molar-refractivity contribution in [3.05, 3.63) is 109 Å². The van der Waals surface area contributed by atoms with Gasteiger partial charge < -0.3 is 40.3 Å². The van der Waals surface area contributed by atoms with E-state index < -0.39 is 49.5 Å². The maximum atomic E-state index is 13.1. The van der Waals surface area contributed by atoms with E-state index in [2.05, 4.69) is 116 Å². The van der Waals surface area contributed by atoms with Crippen LogP contribution in [0, 0.1) is 0 Å². The van der Waals surface area contributed by atoms with E-state index in [0.29, 0.717) is 6.42 Å². The molecule has 0 aliphatic carbocycles. The first kappa shape index (κ1) is 83.9. The van der Waals surface area contributed by atoms with Crippen LogP contribution < -0.4 is 5.32 Å². The molecule has 1 saturated heterocycles. The Bertz CT molecular complexity index is 1780. The largest absolute Gasteiger partial charge is 0.394 e. The van der Waals surface area contributed by atoms with Crippen LogP contribution in [0.15, 0.2) is 109 Å². The number of allylic oxidation sites excluding steroid dienone is 17. The molecule has 1 heterocycles. The molecule has 1 fully saturated rings. The van der Waals surface area contributed by atoms with Crippen molar-refractivity contribution in [3.63, 3.8) is 0 Å². The zero-order chi connectivity index (χ0) is 64.2. The summed E-state index contributed by atoms with van der Waals surface area (Å²) in [4.78, 5) is 13.1. The zero-order valence-electron chi connectivity index (χ0n) is 57.7. The van der Waals surface area contributed by atoms with Gasteiger partial charge in [0.25, 0.3) is 0 Å². The van der Waals surface area contributed by atoms with Gasteiger partial charge in [0.2, 0.25) is 5.91 Å². The fraction of sp³-hybridized carbons (Fsp3) is 0.762. The van der Waals surface area contributed by atoms with Crippen LogP contribution in [0.25, 0.3) is 0 Å². The number of rotatable bonds is 65. The van der Waals surface area contributed by atoms with Crippen molar-refractivity contribution < 1.29 is 39.8 Å². The summed E-state index contributed by atoms with van der Waals surface area (Å²) in [5, 5.41) is 54.8. The van der Waals surface area contributed by atoms with Crippen molar-refractivity contribution in [2.45, 2.75) is 378 Å². The Morgan fingerprint density at radius 2 is 0.708 bits per heavy atom. The molecule has 514 valence electrons. The first-order chi connectivity index (χ1) is 43.8. The van der Waals surface area contributed by atoms with Crippen molar-refractivity contribution in [2.24, 2.45) is 0 Å². The van der Waals surface area contributed by atoms with Gasteiger partial charge in [0.1, 0.15) is 24.4 Å². The highest BCUT2D eigenvalue weighted by Gasteiger charge is 2.44. The van der Waals surface area contributed by atoms with E-state index in [-0.39, 0.29) is 12.5 Å². The number of unbranched alkanes of at least 4 members (excludes halogenated alkanes) is 39. The Balaban J connectivity index is 2.14. The Morgan fingerprint density at radius 3 is 1.08 bits per heavy atom. The molecular weight excluding hydrogens is 1100 g/mol. The van der Waals surface area contributed by atoms with Crippen LogP contribution in [0.1, 0.15) is 335 Å². The number of hydrogen-bond acceptors (Lipinski definition) is 8. The maximum Gasteiger partial charge on any atom is 0.220 e. The van der Waals surface area contributed by atoms with Crippen LogP contribution in [0.2, 0.25) is 0 Å². The highest BCUT2D eigenvalue weighted by molar-refractivity contribution is 5.76. The van der Waals surface area contributed by atoms with Gasteiger partial charge in [-0.15, -0.1) is 0 Å². The van der Waals surface area contributed by atoms with Crippen molar-refractivity contribution in [1.29, 1.82) is 0 Å². The second-order valence-corrected chi connectivity index (χ2v) is 25.7. The van der Waals surface area contributed by atoms with Crippen molar-refractivity contribution in [3.8, 4) is 0 Å². The fourth-order valence-electron chi connectivity index (χ4n) is 11.5. The van der Waals surface area contributed by atoms with Gasteiger partial charge in [-0.2, -0.15) is 0 Å². The normalized spacial score (nSPS) is 18.5. The minimum absolute atomic E-state index is 0.190. The summed E-state index contributed by atoms with van der Waals surface area (Å²) in [6.07, 6.45) is 93.6. The first-order valence-corrected chi connectivity index (χ1v) is 37.6. The second kappa shape index (κ2) is 67.7. The minimum Gasteiger partial charge on any atom is -0.394 e. The predicted octanol–water partition coefficient (Wildman–Crippen LogP) is 21.2. The van der Waals surface area contributed by atoms with Gasteiger partial charge in [0.05, 0.1) is 25.4 Å². The molecule has 0 aromatic carbocycles. The summed E-state index contributed by atoms with van der Waals surface area (Å²) in [5.74, 6) is -0.190. The van der Waals surface area contributed by atoms with Crippen LogP contribution in [-0.4, -0.2) is 87.5 Å². The van der Waals surface area contributed by atoms with E-state index >= 15 is 0 Å². The Labute approximate surface area is 548 Å². The summed E-state index contributed by atoms with van der Waals surface area (Å²) in [6.45, 7) is 3.68. The van der Waals surface area contributed by atoms with Crippen LogP contribution >= 0.6 is 0 Å². The van der Waals surface area contributed by atoms with Crippen molar-refractivity contribution >= 4 is 5.91 Å². The number of carbonyl (C=O) groups is 1. The van der Waals surface area contributed by atoms with E-state index in [1.54, 1.807) is 6.08 Å². The molecule has 1 rings (SSSR count). The molecular formula is C80H141NO8. The third-order valence-electron chi connectivity index (χ3n) is 17.3. The number of aliphatic hydroxyl groups excluding tert-OH is 5. The summed E-state index contributed by atoms with van der Waals surface area (Å²) in [6, 6.07) is -0.836. The Hall–Kier alpha value is -3.15. The first-order valence-electron chi connectivity index (χ1n) is 37.6. The molecule has 1 aliphatic heterocycles. The van der Waals surface area contributed by atoms with E-state index in [1.165, 1.54) is 231 Å². The van der Waals surface area contributed by atoms with Gasteiger partial charge in [-0.05, 0) is 96.3 Å². The summed E-state index contributed by atoms with van der Waals surface area (Å²) in [7, 11) is 0. The topological polar surface area (TPSA) is 149 Å². The van der Waals surface area contributed by atoms with Gasteiger partial charge >= 0.3 is 0 Å². The van der Waals surface area contributed by atoms with Crippen molar-refractivity contribution in [2.75, 3.05) is 13.2 Å². The highest BCUT2D eigenvalue weighted by Crippen LogP contribution is 2.23. The molecule has 7 unspecified atom stereocenters. The summed E-state index contributed by atoms with van der Waals surface area (Å²) in [5.41, 5.74) is 0. The molecule has 0 radical (unpaired) electrons. The number of aliphatic hydroxyl groups is 5. The lowest BCUT2D eigenvalue weighted by atomic mass is 9.99. The molecule has 0 spiro atoms. The van der Waals surface area contributed by atoms with Crippen LogP contribution in [0.4, 0.5) is 0 Å². The predicted molar refractivity (Wildman–Crippen MR) is 382 cm³/mol. The zero-order valence-corrected chi connectivity index (χ0v) is 57.7. The van der Waals surface area contributed by atoms with Gasteiger partial charge in [-0.1, -0.05) is 342 Å². The van der Waals surface area contributed by atoms with E-state index in [1.807, 2.05) is 6.08 Å². The van der Waals surface area contributed by atoms with Crippen LogP contribution in [0.5, 0.6) is 0 Å². The molecule has 9 heteroatoms. The summed E-state index contributed by atoms with van der Waals surface area (Å²) < 4.78 is 11.3. The number of nitrogens with one attached hydrogen (secondary N) is 1. The monoisotopic (exact) mass is 1240 g/mol. The molecule has 0 aromatic rings. The van der Waals surface area contributed by atoms with Crippen molar-refractivity contribution in [1.82, 2.24) is 5.32 Å². The maximum absolute atomic E-state index is 13.1. The molecule has 1 amide bonds. The molecule has 9 nitrogen and oxygen atoms in total. The highest BCUT2D eigenvalue weighted by atomic mass is 16.7.